The van der Waals surface area contributed by atoms with Crippen LogP contribution in [0.5, 0.6) is 0 Å². The summed E-state index contributed by atoms with van der Waals surface area (Å²) >= 11 is 5.90. The van der Waals surface area contributed by atoms with Crippen molar-refractivity contribution >= 4 is 22.5 Å². The molecule has 0 saturated carbocycles. The van der Waals surface area contributed by atoms with Crippen molar-refractivity contribution in [2.45, 2.75) is 46.2 Å². The number of rotatable bonds is 5. The summed E-state index contributed by atoms with van der Waals surface area (Å²) in [5, 5.41) is 3.79. The molecule has 0 unspecified atom stereocenters. The van der Waals surface area contributed by atoms with Crippen molar-refractivity contribution in [3.05, 3.63) is 39.2 Å². The largest absolute Gasteiger partial charge is 0.315 e. The Morgan fingerprint density at radius 2 is 2.19 bits per heavy atom. The number of fused-ring (bicyclic) bond motifs is 1. The second-order valence-corrected chi connectivity index (χ2v) is 7.82. The highest BCUT2D eigenvalue weighted by Crippen LogP contribution is 2.28. The Morgan fingerprint density at radius 3 is 2.89 bits per heavy atom. The van der Waals surface area contributed by atoms with Crippen molar-refractivity contribution in [1.82, 2.24) is 19.8 Å². The van der Waals surface area contributed by atoms with Crippen LogP contribution in [0.25, 0.3) is 10.9 Å². The first kappa shape index (κ1) is 20.2. The van der Waals surface area contributed by atoms with E-state index in [4.69, 9.17) is 16.6 Å². The molecule has 1 fully saturated rings. The number of halogens is 2. The van der Waals surface area contributed by atoms with Crippen LogP contribution in [0.1, 0.15) is 45.5 Å². The molecule has 7 heteroatoms. The Kier molecular flexibility index (Phi) is 6.50. The van der Waals surface area contributed by atoms with E-state index in [9.17, 15) is 9.18 Å². The highest BCUT2D eigenvalue weighted by Gasteiger charge is 2.27. The molecule has 0 amide bonds. The van der Waals surface area contributed by atoms with E-state index >= 15 is 0 Å². The van der Waals surface area contributed by atoms with E-state index in [0.29, 0.717) is 23.4 Å². The van der Waals surface area contributed by atoms with Crippen LogP contribution in [0.4, 0.5) is 4.39 Å². The maximum absolute atomic E-state index is 14.0. The molecule has 0 bridgehead atoms. The van der Waals surface area contributed by atoms with Crippen molar-refractivity contribution in [3.8, 4) is 0 Å². The molecule has 2 aromatic rings. The minimum Gasteiger partial charge on any atom is -0.315 e. The third-order valence-electron chi connectivity index (χ3n) is 5.26. The van der Waals surface area contributed by atoms with Crippen molar-refractivity contribution in [2.24, 2.45) is 5.92 Å². The lowest BCUT2D eigenvalue weighted by molar-refractivity contribution is 0.169. The number of nitrogens with zero attached hydrogens (tertiary/aromatic N) is 3. The first-order valence-electron chi connectivity index (χ1n) is 9.80. The summed E-state index contributed by atoms with van der Waals surface area (Å²) in [4.78, 5) is 20.3. The van der Waals surface area contributed by atoms with Crippen LogP contribution >= 0.6 is 11.6 Å². The van der Waals surface area contributed by atoms with Crippen LogP contribution < -0.4 is 10.9 Å². The zero-order valence-electron chi connectivity index (χ0n) is 16.3. The van der Waals surface area contributed by atoms with Gasteiger partial charge in [-0.1, -0.05) is 31.9 Å². The molecule has 27 heavy (non-hydrogen) atoms. The van der Waals surface area contributed by atoms with Gasteiger partial charge in [0.05, 0.1) is 22.0 Å². The molecular weight excluding hydrogens is 367 g/mol. The molecule has 2 atom stereocenters. The van der Waals surface area contributed by atoms with Crippen LogP contribution in [-0.2, 0) is 6.54 Å². The van der Waals surface area contributed by atoms with Crippen molar-refractivity contribution in [3.63, 3.8) is 0 Å². The molecule has 3 rings (SSSR count). The summed E-state index contributed by atoms with van der Waals surface area (Å²) in [5.41, 5.74) is 0.227. The Balaban J connectivity index is 2.16. The van der Waals surface area contributed by atoms with E-state index in [1.165, 1.54) is 12.1 Å². The Hall–Kier alpha value is -1.50. The van der Waals surface area contributed by atoms with Crippen LogP contribution in [0, 0.1) is 11.7 Å². The zero-order chi connectivity index (χ0) is 19.6. The lowest BCUT2D eigenvalue weighted by atomic mass is 10.1. The fourth-order valence-corrected chi connectivity index (χ4v) is 4.12. The third kappa shape index (κ3) is 4.18. The Bertz CT molecular complexity index is 869. The smallest absolute Gasteiger partial charge is 0.261 e. The molecule has 148 valence electrons. The van der Waals surface area contributed by atoms with Crippen LogP contribution in [0.3, 0.4) is 0 Å². The molecule has 1 aromatic heterocycles. The average Bonchev–Trinajstić information content (AvgIpc) is 2.85. The average molecular weight is 395 g/mol. The summed E-state index contributed by atoms with van der Waals surface area (Å²) < 4.78 is 15.7. The van der Waals surface area contributed by atoms with Gasteiger partial charge >= 0.3 is 0 Å². The van der Waals surface area contributed by atoms with Gasteiger partial charge < -0.3 is 5.32 Å². The monoisotopic (exact) mass is 394 g/mol. The second-order valence-electron chi connectivity index (χ2n) is 7.41. The zero-order valence-corrected chi connectivity index (χ0v) is 17.0. The normalized spacial score (nSPS) is 20.0. The maximum atomic E-state index is 14.0. The van der Waals surface area contributed by atoms with Gasteiger partial charge in [0.1, 0.15) is 11.6 Å². The third-order valence-corrected chi connectivity index (χ3v) is 5.55. The van der Waals surface area contributed by atoms with Crippen LogP contribution in [-0.4, -0.2) is 40.6 Å². The first-order valence-corrected chi connectivity index (χ1v) is 10.2. The van der Waals surface area contributed by atoms with Gasteiger partial charge in [0.2, 0.25) is 0 Å². The molecule has 1 aromatic carbocycles. The number of hydrogen-bond donors (Lipinski definition) is 1. The fourth-order valence-electron chi connectivity index (χ4n) is 3.95. The number of hydrogen-bond acceptors (Lipinski definition) is 4. The standard InChI is InChI=1S/C20H28ClFN4O/c1-4-6-18(25-8-7-23-11-13(3)12-25)19-24-17-10-16(22)15(21)9-14(17)20(27)26(19)5-2/h9-10,13,18,23H,4-8,11-12H2,1-3H3/t13-,18-/m1/s1. The van der Waals surface area contributed by atoms with Gasteiger partial charge in [-0.2, -0.15) is 0 Å². The van der Waals surface area contributed by atoms with Crippen molar-refractivity contribution in [1.29, 1.82) is 0 Å². The molecule has 1 aliphatic rings. The summed E-state index contributed by atoms with van der Waals surface area (Å²) in [6.07, 6.45) is 1.89. The molecular formula is C20H28ClFN4O. The van der Waals surface area contributed by atoms with Gasteiger partial charge in [0.25, 0.3) is 5.56 Å². The van der Waals surface area contributed by atoms with E-state index in [2.05, 4.69) is 24.1 Å². The van der Waals surface area contributed by atoms with E-state index in [0.717, 1.165) is 44.8 Å². The number of nitrogens with one attached hydrogen (secondary N) is 1. The highest BCUT2D eigenvalue weighted by molar-refractivity contribution is 6.31. The maximum Gasteiger partial charge on any atom is 0.261 e. The molecule has 1 saturated heterocycles. The lowest BCUT2D eigenvalue weighted by Gasteiger charge is -2.32. The number of aromatic nitrogens is 2. The SMILES string of the molecule is CCC[C@H](c1nc2cc(F)c(Cl)cc2c(=O)n1CC)N1CCNC[C@@H](C)C1. The predicted octanol–water partition coefficient (Wildman–Crippen LogP) is 3.59. The molecule has 0 aliphatic carbocycles. The van der Waals surface area contributed by atoms with Gasteiger partial charge in [-0.25, -0.2) is 9.37 Å². The van der Waals surface area contributed by atoms with Crippen LogP contribution in [0.2, 0.25) is 5.02 Å². The Labute approximate surface area is 164 Å². The Morgan fingerprint density at radius 1 is 1.41 bits per heavy atom. The topological polar surface area (TPSA) is 50.2 Å². The highest BCUT2D eigenvalue weighted by atomic mass is 35.5. The van der Waals surface area contributed by atoms with E-state index in [1.54, 1.807) is 4.57 Å². The summed E-state index contributed by atoms with van der Waals surface area (Å²) in [6.45, 7) is 10.6. The van der Waals surface area contributed by atoms with Gasteiger partial charge in [-0.05, 0) is 31.9 Å². The molecule has 2 heterocycles. The van der Waals surface area contributed by atoms with Crippen molar-refractivity contribution in [2.75, 3.05) is 26.2 Å². The van der Waals surface area contributed by atoms with Crippen molar-refractivity contribution < 1.29 is 4.39 Å². The van der Waals surface area contributed by atoms with Crippen LogP contribution in [0.15, 0.2) is 16.9 Å². The summed E-state index contributed by atoms with van der Waals surface area (Å²) in [5.74, 6) is 0.703. The quantitative estimate of drug-likeness (QED) is 0.841. The van der Waals surface area contributed by atoms with Gasteiger partial charge in [-0.15, -0.1) is 0 Å². The summed E-state index contributed by atoms with van der Waals surface area (Å²) in [7, 11) is 0. The molecule has 1 aliphatic heterocycles. The fraction of sp³-hybridized carbons (Fsp3) is 0.600. The predicted molar refractivity (Wildman–Crippen MR) is 108 cm³/mol. The van der Waals surface area contributed by atoms with Gasteiger partial charge in [0.15, 0.2) is 0 Å². The molecule has 0 radical (unpaired) electrons. The van der Waals surface area contributed by atoms with E-state index in [1.807, 2.05) is 6.92 Å². The molecule has 1 N–H and O–H groups in total. The first-order chi connectivity index (χ1) is 13.0. The lowest BCUT2D eigenvalue weighted by Crippen LogP contribution is -2.38. The second kappa shape index (κ2) is 8.67. The van der Waals surface area contributed by atoms with E-state index < -0.39 is 5.82 Å². The minimum atomic E-state index is -0.545. The van der Waals surface area contributed by atoms with Gasteiger partial charge in [0, 0.05) is 32.2 Å². The van der Waals surface area contributed by atoms with E-state index in [-0.39, 0.29) is 16.6 Å². The molecule has 5 nitrogen and oxygen atoms in total. The molecule has 0 spiro atoms. The minimum absolute atomic E-state index is 0.0353. The number of benzene rings is 1. The van der Waals surface area contributed by atoms with Gasteiger partial charge in [-0.3, -0.25) is 14.3 Å². The summed E-state index contributed by atoms with van der Waals surface area (Å²) in [6, 6.07) is 2.70.